The van der Waals surface area contributed by atoms with Crippen LogP contribution in [0.3, 0.4) is 0 Å². The van der Waals surface area contributed by atoms with E-state index in [1.807, 2.05) is 31.2 Å². The quantitative estimate of drug-likeness (QED) is 0.750. The zero-order valence-electron chi connectivity index (χ0n) is 13.3. The predicted molar refractivity (Wildman–Crippen MR) is 94.7 cm³/mol. The average Bonchev–Trinajstić information content (AvgIpc) is 2.98. The third kappa shape index (κ3) is 5.94. The van der Waals surface area contributed by atoms with E-state index < -0.39 is 5.97 Å². The lowest BCUT2D eigenvalue weighted by molar-refractivity contribution is -0.121. The van der Waals surface area contributed by atoms with Crippen molar-refractivity contribution in [1.82, 2.24) is 10.3 Å². The highest BCUT2D eigenvalue weighted by atomic mass is 35.5. The number of amides is 1. The lowest BCUT2D eigenvalue weighted by Crippen LogP contribution is -2.27. The molecule has 1 atom stereocenters. The number of carbonyl (C=O) groups is 2. The van der Waals surface area contributed by atoms with E-state index in [4.69, 9.17) is 16.7 Å². The van der Waals surface area contributed by atoms with Crippen LogP contribution in [0.25, 0.3) is 0 Å². The minimum absolute atomic E-state index is 0.00789. The fraction of sp³-hybridized carbons (Fsp3) is 0.353. The lowest BCUT2D eigenvalue weighted by atomic mass is 9.98. The molecular weight excluding hydrogens is 348 g/mol. The van der Waals surface area contributed by atoms with Gasteiger partial charge in [0.2, 0.25) is 5.91 Å². The number of hydrogen-bond donors (Lipinski definition) is 2. The number of aromatic carboxylic acids is 1. The topological polar surface area (TPSA) is 79.3 Å². The largest absolute Gasteiger partial charge is 0.476 e. The van der Waals surface area contributed by atoms with E-state index >= 15 is 0 Å². The third-order valence-corrected chi connectivity index (χ3v) is 4.62. The van der Waals surface area contributed by atoms with E-state index in [1.165, 1.54) is 16.7 Å². The van der Waals surface area contributed by atoms with Crippen molar-refractivity contribution in [3.8, 4) is 0 Å². The minimum Gasteiger partial charge on any atom is -0.476 e. The summed E-state index contributed by atoms with van der Waals surface area (Å²) in [6, 6.07) is 7.64. The number of nitrogens with zero attached hydrogens (tertiary/aromatic N) is 1. The van der Waals surface area contributed by atoms with Gasteiger partial charge in [-0.1, -0.05) is 30.7 Å². The molecular formula is C17H19ClN2O3S. The SMILES string of the molecule is CC(CC(=O)NCCc1nc(C(=O)O)cs1)Cc1ccc(Cl)cc1. The molecule has 0 aliphatic rings. The summed E-state index contributed by atoms with van der Waals surface area (Å²) in [7, 11) is 0. The summed E-state index contributed by atoms with van der Waals surface area (Å²) in [5, 5.41) is 14.6. The molecule has 1 aromatic carbocycles. The third-order valence-electron chi connectivity index (χ3n) is 3.46. The molecule has 0 radical (unpaired) electrons. The molecule has 1 heterocycles. The molecule has 1 unspecified atom stereocenters. The summed E-state index contributed by atoms with van der Waals surface area (Å²) < 4.78 is 0. The molecule has 7 heteroatoms. The highest BCUT2D eigenvalue weighted by molar-refractivity contribution is 7.09. The van der Waals surface area contributed by atoms with Crippen LogP contribution in [0, 0.1) is 5.92 Å². The van der Waals surface area contributed by atoms with Crippen LogP contribution >= 0.6 is 22.9 Å². The number of thiazole rings is 1. The molecule has 0 spiro atoms. The van der Waals surface area contributed by atoms with Gasteiger partial charge >= 0.3 is 5.97 Å². The molecule has 5 nitrogen and oxygen atoms in total. The van der Waals surface area contributed by atoms with Crippen molar-refractivity contribution < 1.29 is 14.7 Å². The number of rotatable bonds is 8. The Balaban J connectivity index is 1.70. The number of aromatic nitrogens is 1. The number of hydrogen-bond acceptors (Lipinski definition) is 4. The predicted octanol–water partition coefficient (Wildman–Crippen LogP) is 3.42. The van der Waals surface area contributed by atoms with Gasteiger partial charge in [-0.25, -0.2) is 9.78 Å². The highest BCUT2D eigenvalue weighted by Crippen LogP contribution is 2.15. The summed E-state index contributed by atoms with van der Waals surface area (Å²) in [6.07, 6.45) is 1.80. The smallest absolute Gasteiger partial charge is 0.355 e. The van der Waals surface area contributed by atoms with E-state index in [1.54, 1.807) is 0 Å². The monoisotopic (exact) mass is 366 g/mol. The highest BCUT2D eigenvalue weighted by Gasteiger charge is 2.11. The summed E-state index contributed by atoms with van der Waals surface area (Å²) in [5.41, 5.74) is 1.21. The minimum atomic E-state index is -1.03. The first-order chi connectivity index (χ1) is 11.4. The molecule has 0 aliphatic heterocycles. The van der Waals surface area contributed by atoms with E-state index in [0.717, 1.165) is 12.0 Å². The number of halogens is 1. The maximum absolute atomic E-state index is 12.0. The van der Waals surface area contributed by atoms with Crippen LogP contribution in [-0.4, -0.2) is 28.5 Å². The van der Waals surface area contributed by atoms with E-state index in [2.05, 4.69) is 10.3 Å². The van der Waals surface area contributed by atoms with Crippen LogP contribution in [0.4, 0.5) is 0 Å². The van der Waals surface area contributed by atoms with Gasteiger partial charge in [0.15, 0.2) is 5.69 Å². The van der Waals surface area contributed by atoms with E-state index in [9.17, 15) is 9.59 Å². The van der Waals surface area contributed by atoms with Gasteiger partial charge in [-0.2, -0.15) is 0 Å². The van der Waals surface area contributed by atoms with Gasteiger partial charge in [0.25, 0.3) is 0 Å². The zero-order chi connectivity index (χ0) is 17.5. The summed E-state index contributed by atoms with van der Waals surface area (Å²) in [6.45, 7) is 2.49. The van der Waals surface area contributed by atoms with Crippen LogP contribution in [0.5, 0.6) is 0 Å². The fourth-order valence-electron chi connectivity index (χ4n) is 2.32. The van der Waals surface area contributed by atoms with Crippen molar-refractivity contribution in [2.75, 3.05) is 6.54 Å². The van der Waals surface area contributed by atoms with Crippen LogP contribution in [0.2, 0.25) is 5.02 Å². The van der Waals surface area contributed by atoms with Crippen molar-refractivity contribution in [3.05, 3.63) is 50.9 Å². The first kappa shape index (κ1) is 18.4. The molecule has 24 heavy (non-hydrogen) atoms. The molecule has 1 aromatic heterocycles. The van der Waals surface area contributed by atoms with Crippen LogP contribution in [0.1, 0.15) is 34.4 Å². The van der Waals surface area contributed by atoms with Gasteiger partial charge in [-0.15, -0.1) is 11.3 Å². The lowest BCUT2D eigenvalue weighted by Gasteiger charge is -2.11. The molecule has 0 saturated carbocycles. The first-order valence-electron chi connectivity index (χ1n) is 7.63. The molecule has 0 saturated heterocycles. The summed E-state index contributed by atoms with van der Waals surface area (Å²) in [4.78, 5) is 26.7. The Labute approximate surface area is 149 Å². The Kier molecular flexibility index (Phi) is 6.75. The number of carboxylic acids is 1. The van der Waals surface area contributed by atoms with Crippen LogP contribution in [0.15, 0.2) is 29.6 Å². The average molecular weight is 367 g/mol. The van der Waals surface area contributed by atoms with Gasteiger partial charge in [0.1, 0.15) is 0 Å². The Morgan fingerprint density at radius 1 is 1.33 bits per heavy atom. The second-order valence-electron chi connectivity index (χ2n) is 5.67. The summed E-state index contributed by atoms with van der Waals surface area (Å²) in [5.74, 6) is -0.811. The molecule has 2 rings (SSSR count). The zero-order valence-corrected chi connectivity index (χ0v) is 14.9. The maximum Gasteiger partial charge on any atom is 0.355 e. The molecule has 2 N–H and O–H groups in total. The van der Waals surface area contributed by atoms with E-state index in [0.29, 0.717) is 29.4 Å². The maximum atomic E-state index is 12.0. The van der Waals surface area contributed by atoms with E-state index in [-0.39, 0.29) is 17.5 Å². The number of nitrogens with one attached hydrogen (secondary N) is 1. The molecule has 1 amide bonds. The van der Waals surface area contributed by atoms with Gasteiger partial charge in [-0.3, -0.25) is 4.79 Å². The Hall–Kier alpha value is -1.92. The van der Waals surface area contributed by atoms with Crippen molar-refractivity contribution in [3.63, 3.8) is 0 Å². The van der Waals surface area contributed by atoms with Gasteiger partial charge in [0, 0.05) is 29.8 Å². The molecule has 2 aromatic rings. The normalized spacial score (nSPS) is 11.9. The van der Waals surface area contributed by atoms with Crippen molar-refractivity contribution in [2.45, 2.75) is 26.2 Å². The molecule has 0 bridgehead atoms. The Morgan fingerprint density at radius 2 is 2.04 bits per heavy atom. The van der Waals surface area contributed by atoms with Gasteiger partial charge in [0.05, 0.1) is 5.01 Å². The molecule has 0 fully saturated rings. The Bertz CT molecular complexity index is 700. The van der Waals surface area contributed by atoms with Gasteiger partial charge in [-0.05, 0) is 30.0 Å². The van der Waals surface area contributed by atoms with Crippen LogP contribution in [-0.2, 0) is 17.6 Å². The van der Waals surface area contributed by atoms with Crippen LogP contribution < -0.4 is 5.32 Å². The Morgan fingerprint density at radius 3 is 2.67 bits per heavy atom. The van der Waals surface area contributed by atoms with Crippen molar-refractivity contribution >= 4 is 34.8 Å². The fourth-order valence-corrected chi connectivity index (χ4v) is 3.21. The second-order valence-corrected chi connectivity index (χ2v) is 7.05. The van der Waals surface area contributed by atoms with Crippen molar-refractivity contribution in [1.29, 1.82) is 0 Å². The molecule has 0 aliphatic carbocycles. The van der Waals surface area contributed by atoms with Crippen molar-refractivity contribution in [2.24, 2.45) is 5.92 Å². The standard InChI is InChI=1S/C17H19ClN2O3S/c1-11(8-12-2-4-13(18)5-3-12)9-15(21)19-7-6-16-20-14(10-24-16)17(22)23/h2-5,10-11H,6-9H2,1H3,(H,19,21)(H,22,23). The number of carboxylic acid groups (broad SMARTS) is 1. The first-order valence-corrected chi connectivity index (χ1v) is 8.88. The molecule has 128 valence electrons. The number of carbonyl (C=O) groups excluding carboxylic acids is 1. The van der Waals surface area contributed by atoms with Gasteiger partial charge < -0.3 is 10.4 Å². The summed E-state index contributed by atoms with van der Waals surface area (Å²) >= 11 is 7.15. The number of benzene rings is 1. The second kappa shape index (κ2) is 8.80.